The highest BCUT2D eigenvalue weighted by Gasteiger charge is 2.27. The van der Waals surface area contributed by atoms with Crippen LogP contribution < -0.4 is 5.32 Å². The molecule has 0 radical (unpaired) electrons. The lowest BCUT2D eigenvalue weighted by molar-refractivity contribution is 0.200. The SMILES string of the molecule is Cc1cc(C)c(C(C)NC2CCCC2CO)cc1C. The zero-order chi connectivity index (χ0) is 14.0. The van der Waals surface area contributed by atoms with Crippen LogP contribution in [0.4, 0.5) is 0 Å². The third-order valence-corrected chi connectivity index (χ3v) is 4.71. The summed E-state index contributed by atoms with van der Waals surface area (Å²) >= 11 is 0. The molecule has 0 saturated heterocycles. The molecule has 1 aliphatic carbocycles. The highest BCUT2D eigenvalue weighted by molar-refractivity contribution is 5.38. The predicted molar refractivity (Wildman–Crippen MR) is 80.4 cm³/mol. The van der Waals surface area contributed by atoms with Gasteiger partial charge in [0, 0.05) is 18.7 Å². The van der Waals surface area contributed by atoms with Crippen LogP contribution >= 0.6 is 0 Å². The van der Waals surface area contributed by atoms with Gasteiger partial charge >= 0.3 is 0 Å². The molecule has 2 rings (SSSR count). The Kier molecular flexibility index (Phi) is 4.64. The molecule has 0 aromatic heterocycles. The van der Waals surface area contributed by atoms with Crippen molar-refractivity contribution in [2.45, 2.75) is 59.0 Å². The van der Waals surface area contributed by atoms with Crippen LogP contribution in [0.15, 0.2) is 12.1 Å². The standard InChI is InChI=1S/C17H27NO/c1-11-8-13(3)16(9-12(11)2)14(4)18-17-7-5-6-15(17)10-19/h8-9,14-15,17-19H,5-7,10H2,1-4H3. The Morgan fingerprint density at radius 1 is 1.16 bits per heavy atom. The van der Waals surface area contributed by atoms with Crippen molar-refractivity contribution in [2.75, 3.05) is 6.61 Å². The lowest BCUT2D eigenvalue weighted by atomic mass is 9.95. The van der Waals surface area contributed by atoms with E-state index in [1.165, 1.54) is 35.1 Å². The van der Waals surface area contributed by atoms with Crippen LogP contribution in [0, 0.1) is 26.7 Å². The van der Waals surface area contributed by atoms with Crippen molar-refractivity contribution >= 4 is 0 Å². The molecule has 1 fully saturated rings. The summed E-state index contributed by atoms with van der Waals surface area (Å²) in [5.41, 5.74) is 5.48. The molecule has 0 bridgehead atoms. The van der Waals surface area contributed by atoms with Gasteiger partial charge in [-0.2, -0.15) is 0 Å². The van der Waals surface area contributed by atoms with Crippen LogP contribution in [-0.2, 0) is 0 Å². The van der Waals surface area contributed by atoms with Crippen molar-refractivity contribution in [3.8, 4) is 0 Å². The van der Waals surface area contributed by atoms with Gasteiger partial charge in [-0.05, 0) is 68.7 Å². The van der Waals surface area contributed by atoms with Gasteiger partial charge in [-0.15, -0.1) is 0 Å². The Morgan fingerprint density at radius 2 is 1.84 bits per heavy atom. The van der Waals surface area contributed by atoms with Crippen molar-refractivity contribution in [1.82, 2.24) is 5.32 Å². The van der Waals surface area contributed by atoms with Crippen LogP contribution in [0.3, 0.4) is 0 Å². The normalized spacial score (nSPS) is 24.7. The molecule has 1 saturated carbocycles. The van der Waals surface area contributed by atoms with Crippen molar-refractivity contribution in [1.29, 1.82) is 0 Å². The molecule has 3 unspecified atom stereocenters. The maximum absolute atomic E-state index is 9.41. The Morgan fingerprint density at radius 3 is 2.53 bits per heavy atom. The second kappa shape index (κ2) is 6.06. The van der Waals surface area contributed by atoms with E-state index in [2.05, 4.69) is 45.1 Å². The Hall–Kier alpha value is -0.860. The van der Waals surface area contributed by atoms with Crippen LogP contribution in [0.2, 0.25) is 0 Å². The fourth-order valence-corrected chi connectivity index (χ4v) is 3.34. The summed E-state index contributed by atoms with van der Waals surface area (Å²) < 4.78 is 0. The van der Waals surface area contributed by atoms with Crippen LogP contribution in [-0.4, -0.2) is 17.8 Å². The fourth-order valence-electron chi connectivity index (χ4n) is 3.34. The average Bonchev–Trinajstić information content (AvgIpc) is 2.80. The molecule has 0 heterocycles. The highest BCUT2D eigenvalue weighted by atomic mass is 16.3. The minimum Gasteiger partial charge on any atom is -0.396 e. The molecule has 19 heavy (non-hydrogen) atoms. The molecule has 0 spiro atoms. The molecular weight excluding hydrogens is 234 g/mol. The Balaban J connectivity index is 2.11. The van der Waals surface area contributed by atoms with Gasteiger partial charge in [0.15, 0.2) is 0 Å². The third-order valence-electron chi connectivity index (χ3n) is 4.71. The quantitative estimate of drug-likeness (QED) is 0.870. The largest absolute Gasteiger partial charge is 0.396 e. The van der Waals surface area contributed by atoms with Gasteiger partial charge < -0.3 is 10.4 Å². The van der Waals surface area contributed by atoms with Crippen LogP contribution in [0.5, 0.6) is 0 Å². The zero-order valence-electron chi connectivity index (χ0n) is 12.7. The second-order valence-corrected chi connectivity index (χ2v) is 6.16. The van der Waals surface area contributed by atoms with E-state index in [-0.39, 0.29) is 0 Å². The first-order chi connectivity index (χ1) is 9.02. The van der Waals surface area contributed by atoms with Crippen LogP contribution in [0.25, 0.3) is 0 Å². The molecule has 106 valence electrons. The van der Waals surface area contributed by atoms with E-state index < -0.39 is 0 Å². The maximum Gasteiger partial charge on any atom is 0.0474 e. The van der Waals surface area contributed by atoms with Gasteiger partial charge in [0.05, 0.1) is 0 Å². The van der Waals surface area contributed by atoms with E-state index in [0.29, 0.717) is 24.6 Å². The topological polar surface area (TPSA) is 32.3 Å². The van der Waals surface area contributed by atoms with Crippen molar-refractivity contribution < 1.29 is 5.11 Å². The minimum absolute atomic E-state index is 0.316. The van der Waals surface area contributed by atoms with E-state index in [4.69, 9.17) is 0 Å². The van der Waals surface area contributed by atoms with Crippen molar-refractivity contribution in [3.63, 3.8) is 0 Å². The minimum atomic E-state index is 0.316. The second-order valence-electron chi connectivity index (χ2n) is 6.16. The molecule has 1 aromatic carbocycles. The molecule has 1 aliphatic rings. The molecular formula is C17H27NO. The summed E-state index contributed by atoms with van der Waals surface area (Å²) in [5, 5.41) is 13.1. The molecule has 1 aromatic rings. The lowest BCUT2D eigenvalue weighted by Crippen LogP contribution is -2.36. The van der Waals surface area contributed by atoms with Gasteiger partial charge in [0.1, 0.15) is 0 Å². The van der Waals surface area contributed by atoms with E-state index in [0.717, 1.165) is 6.42 Å². The number of aliphatic hydroxyl groups is 1. The number of rotatable bonds is 4. The number of nitrogens with one attached hydrogen (secondary N) is 1. The van der Waals surface area contributed by atoms with Crippen LogP contribution in [0.1, 0.15) is 54.5 Å². The highest BCUT2D eigenvalue weighted by Crippen LogP contribution is 2.29. The summed E-state index contributed by atoms with van der Waals surface area (Å²) in [7, 11) is 0. The van der Waals surface area contributed by atoms with Gasteiger partial charge in [0.25, 0.3) is 0 Å². The molecule has 0 aliphatic heterocycles. The number of aryl methyl sites for hydroxylation is 3. The summed E-state index contributed by atoms with van der Waals surface area (Å²) in [6, 6.07) is 5.42. The van der Waals surface area contributed by atoms with Gasteiger partial charge in [0.2, 0.25) is 0 Å². The predicted octanol–water partition coefficient (Wildman–Crippen LogP) is 3.42. The Bertz CT molecular complexity index is 441. The molecule has 3 atom stereocenters. The summed E-state index contributed by atoms with van der Waals surface area (Å²) in [4.78, 5) is 0. The number of hydrogen-bond acceptors (Lipinski definition) is 2. The lowest BCUT2D eigenvalue weighted by Gasteiger charge is -2.25. The molecule has 2 nitrogen and oxygen atoms in total. The number of benzene rings is 1. The number of hydrogen-bond donors (Lipinski definition) is 2. The van der Waals surface area contributed by atoms with E-state index in [9.17, 15) is 5.11 Å². The van der Waals surface area contributed by atoms with Gasteiger partial charge in [-0.1, -0.05) is 18.6 Å². The van der Waals surface area contributed by atoms with Gasteiger partial charge in [-0.3, -0.25) is 0 Å². The Labute approximate surface area is 117 Å². The molecule has 0 amide bonds. The summed E-state index contributed by atoms with van der Waals surface area (Å²) in [5.74, 6) is 0.439. The maximum atomic E-state index is 9.41. The van der Waals surface area contributed by atoms with E-state index in [1.54, 1.807) is 0 Å². The fraction of sp³-hybridized carbons (Fsp3) is 0.647. The zero-order valence-corrected chi connectivity index (χ0v) is 12.7. The average molecular weight is 261 g/mol. The first-order valence-corrected chi connectivity index (χ1v) is 7.47. The van der Waals surface area contributed by atoms with Crippen molar-refractivity contribution in [3.05, 3.63) is 34.4 Å². The first kappa shape index (κ1) is 14.5. The van der Waals surface area contributed by atoms with Gasteiger partial charge in [-0.25, -0.2) is 0 Å². The molecule has 2 heteroatoms. The van der Waals surface area contributed by atoms with Crippen molar-refractivity contribution in [2.24, 2.45) is 5.92 Å². The monoisotopic (exact) mass is 261 g/mol. The first-order valence-electron chi connectivity index (χ1n) is 7.47. The summed E-state index contributed by atoms with van der Waals surface area (Å²) in [6.45, 7) is 9.10. The summed E-state index contributed by atoms with van der Waals surface area (Å²) in [6.07, 6.45) is 3.59. The third kappa shape index (κ3) is 3.18. The smallest absolute Gasteiger partial charge is 0.0474 e. The van der Waals surface area contributed by atoms with E-state index >= 15 is 0 Å². The molecule has 2 N–H and O–H groups in total. The van der Waals surface area contributed by atoms with E-state index in [1.807, 2.05) is 0 Å². The number of aliphatic hydroxyl groups excluding tert-OH is 1.